The summed E-state index contributed by atoms with van der Waals surface area (Å²) in [6, 6.07) is 29.6. The lowest BCUT2D eigenvalue weighted by atomic mass is 9.55. The molecule has 4 heteroatoms. The number of ether oxygens (including phenoxy) is 1. The SMILES string of the molecule is COC(=O)C(N)(CC1CCCC1=O)C(c1ccccc1)(c1ccccc1)c1ccccc1. The fourth-order valence-corrected chi connectivity index (χ4v) is 5.40. The van der Waals surface area contributed by atoms with Crippen molar-refractivity contribution in [1.29, 1.82) is 0 Å². The van der Waals surface area contributed by atoms with Crippen LogP contribution in [0.3, 0.4) is 0 Å². The van der Waals surface area contributed by atoms with Crippen molar-refractivity contribution in [2.45, 2.75) is 36.6 Å². The van der Waals surface area contributed by atoms with Gasteiger partial charge in [0.1, 0.15) is 11.3 Å². The van der Waals surface area contributed by atoms with Gasteiger partial charge >= 0.3 is 5.97 Å². The highest BCUT2D eigenvalue weighted by Gasteiger charge is 2.59. The van der Waals surface area contributed by atoms with E-state index >= 15 is 0 Å². The van der Waals surface area contributed by atoms with Gasteiger partial charge in [-0.2, -0.15) is 0 Å². The van der Waals surface area contributed by atoms with E-state index < -0.39 is 16.9 Å². The van der Waals surface area contributed by atoms with Crippen LogP contribution in [0.25, 0.3) is 0 Å². The number of ketones is 1. The van der Waals surface area contributed by atoms with E-state index in [1.54, 1.807) is 0 Å². The van der Waals surface area contributed by atoms with Gasteiger partial charge in [0.15, 0.2) is 0 Å². The summed E-state index contributed by atoms with van der Waals surface area (Å²) in [6.45, 7) is 0. The maximum Gasteiger partial charge on any atom is 0.327 e. The first kappa shape index (κ1) is 22.0. The second-order valence-electron chi connectivity index (χ2n) is 8.57. The molecule has 32 heavy (non-hydrogen) atoms. The van der Waals surface area contributed by atoms with Crippen LogP contribution >= 0.6 is 0 Å². The zero-order chi connectivity index (χ0) is 22.6. The monoisotopic (exact) mass is 427 g/mol. The summed E-state index contributed by atoms with van der Waals surface area (Å²) in [7, 11) is 1.37. The first-order valence-corrected chi connectivity index (χ1v) is 11.1. The highest BCUT2D eigenvalue weighted by atomic mass is 16.5. The van der Waals surface area contributed by atoms with E-state index in [0.29, 0.717) is 6.42 Å². The molecule has 0 bridgehead atoms. The van der Waals surface area contributed by atoms with Gasteiger partial charge in [0.25, 0.3) is 0 Å². The minimum atomic E-state index is -1.50. The molecule has 1 saturated carbocycles. The largest absolute Gasteiger partial charge is 0.468 e. The molecule has 0 aliphatic heterocycles. The van der Waals surface area contributed by atoms with Crippen molar-refractivity contribution < 1.29 is 14.3 Å². The van der Waals surface area contributed by atoms with Crippen LogP contribution in [0.15, 0.2) is 91.0 Å². The molecule has 1 aliphatic rings. The topological polar surface area (TPSA) is 69.4 Å². The Kier molecular flexibility index (Phi) is 6.24. The van der Waals surface area contributed by atoms with Gasteiger partial charge in [0, 0.05) is 12.3 Å². The molecule has 2 unspecified atom stereocenters. The van der Waals surface area contributed by atoms with Crippen LogP contribution in [0.4, 0.5) is 0 Å². The van der Waals surface area contributed by atoms with Crippen LogP contribution in [0.2, 0.25) is 0 Å². The third kappa shape index (κ3) is 3.55. The Morgan fingerprint density at radius 2 is 1.31 bits per heavy atom. The Morgan fingerprint density at radius 1 is 0.875 bits per heavy atom. The highest BCUT2D eigenvalue weighted by Crippen LogP contribution is 2.50. The minimum Gasteiger partial charge on any atom is -0.468 e. The van der Waals surface area contributed by atoms with Gasteiger partial charge in [0.05, 0.1) is 12.5 Å². The highest BCUT2D eigenvalue weighted by molar-refractivity contribution is 5.89. The van der Waals surface area contributed by atoms with E-state index in [9.17, 15) is 9.59 Å². The normalized spacial score (nSPS) is 18.2. The van der Waals surface area contributed by atoms with E-state index in [0.717, 1.165) is 29.5 Å². The Balaban J connectivity index is 2.08. The predicted molar refractivity (Wildman–Crippen MR) is 125 cm³/mol. The van der Waals surface area contributed by atoms with Crippen LogP contribution in [0, 0.1) is 5.92 Å². The molecule has 0 heterocycles. The van der Waals surface area contributed by atoms with Gasteiger partial charge in [-0.25, -0.2) is 0 Å². The molecule has 0 radical (unpaired) electrons. The molecule has 4 nitrogen and oxygen atoms in total. The van der Waals surface area contributed by atoms with E-state index in [1.807, 2.05) is 91.0 Å². The van der Waals surface area contributed by atoms with Crippen molar-refractivity contribution in [2.24, 2.45) is 11.7 Å². The first-order valence-electron chi connectivity index (χ1n) is 11.1. The van der Waals surface area contributed by atoms with E-state index in [-0.39, 0.29) is 18.1 Å². The summed E-state index contributed by atoms with van der Waals surface area (Å²) in [5.74, 6) is -0.616. The smallest absolute Gasteiger partial charge is 0.327 e. The second-order valence-corrected chi connectivity index (χ2v) is 8.57. The first-order chi connectivity index (χ1) is 15.5. The van der Waals surface area contributed by atoms with Crippen molar-refractivity contribution >= 4 is 11.8 Å². The van der Waals surface area contributed by atoms with Crippen LogP contribution in [-0.2, 0) is 19.7 Å². The Hall–Kier alpha value is -3.24. The molecule has 0 amide bonds. The lowest BCUT2D eigenvalue weighted by molar-refractivity contribution is -0.150. The molecule has 1 aliphatic carbocycles. The standard InChI is InChI=1S/C28H29NO3/c1-32-26(31)27(29,20-21-12-11-19-25(21)30)28(22-13-5-2-6-14-22,23-15-7-3-8-16-23)24-17-9-4-10-18-24/h2-10,13-18,21H,11-12,19-20,29H2,1H3. The zero-order valence-electron chi connectivity index (χ0n) is 18.4. The molecule has 0 aromatic heterocycles. The fraction of sp³-hybridized carbons (Fsp3) is 0.286. The second kappa shape index (κ2) is 9.09. The van der Waals surface area contributed by atoms with Gasteiger partial charge in [-0.05, 0) is 36.0 Å². The number of esters is 1. The zero-order valence-corrected chi connectivity index (χ0v) is 18.4. The molecular formula is C28H29NO3. The van der Waals surface area contributed by atoms with Crippen LogP contribution < -0.4 is 5.73 Å². The summed E-state index contributed by atoms with van der Waals surface area (Å²) in [5, 5.41) is 0. The molecule has 164 valence electrons. The van der Waals surface area contributed by atoms with Crippen molar-refractivity contribution in [3.05, 3.63) is 108 Å². The van der Waals surface area contributed by atoms with Crippen molar-refractivity contribution in [3.63, 3.8) is 0 Å². The Labute approximate surface area is 189 Å². The number of carbonyl (C=O) groups is 2. The average molecular weight is 428 g/mol. The van der Waals surface area contributed by atoms with E-state index in [2.05, 4.69) is 0 Å². The number of carbonyl (C=O) groups excluding carboxylic acids is 2. The third-order valence-corrected chi connectivity index (χ3v) is 6.84. The number of Topliss-reactive ketones (excluding diaryl/α,β-unsaturated/α-hetero) is 1. The minimum absolute atomic E-state index is 0.173. The van der Waals surface area contributed by atoms with Crippen molar-refractivity contribution in [1.82, 2.24) is 0 Å². The summed E-state index contributed by atoms with van der Waals surface area (Å²) in [6.07, 6.45) is 2.33. The lowest BCUT2D eigenvalue weighted by Gasteiger charge is -2.48. The average Bonchev–Trinajstić information content (AvgIpc) is 3.25. The number of hydrogen-bond acceptors (Lipinski definition) is 4. The molecule has 2 N–H and O–H groups in total. The number of methoxy groups -OCH3 is 1. The Bertz CT molecular complexity index is 969. The van der Waals surface area contributed by atoms with Crippen LogP contribution in [0.5, 0.6) is 0 Å². The fourth-order valence-electron chi connectivity index (χ4n) is 5.40. The van der Waals surface area contributed by atoms with Crippen molar-refractivity contribution in [2.75, 3.05) is 7.11 Å². The molecule has 1 fully saturated rings. The predicted octanol–water partition coefficient (Wildman–Crippen LogP) is 4.65. The lowest BCUT2D eigenvalue weighted by Crippen LogP contribution is -2.65. The molecule has 3 aromatic carbocycles. The number of rotatable bonds is 7. The van der Waals surface area contributed by atoms with Gasteiger partial charge in [-0.1, -0.05) is 91.0 Å². The molecular weight excluding hydrogens is 398 g/mol. The van der Waals surface area contributed by atoms with Gasteiger partial charge in [0.2, 0.25) is 0 Å². The van der Waals surface area contributed by atoms with Gasteiger partial charge in [-0.3, -0.25) is 9.59 Å². The molecule has 3 aromatic rings. The number of benzene rings is 3. The van der Waals surface area contributed by atoms with Gasteiger partial charge in [-0.15, -0.1) is 0 Å². The molecule has 0 spiro atoms. The molecule has 2 atom stereocenters. The van der Waals surface area contributed by atoms with Crippen LogP contribution in [0.1, 0.15) is 42.4 Å². The van der Waals surface area contributed by atoms with E-state index in [1.165, 1.54) is 7.11 Å². The van der Waals surface area contributed by atoms with Gasteiger partial charge < -0.3 is 10.5 Å². The number of hydrogen-bond donors (Lipinski definition) is 1. The van der Waals surface area contributed by atoms with Crippen molar-refractivity contribution in [3.8, 4) is 0 Å². The van der Waals surface area contributed by atoms with Crippen LogP contribution in [-0.4, -0.2) is 24.4 Å². The summed E-state index contributed by atoms with van der Waals surface area (Å²) >= 11 is 0. The summed E-state index contributed by atoms with van der Waals surface area (Å²) in [4.78, 5) is 26.3. The number of nitrogens with two attached hydrogens (primary N) is 1. The van der Waals surface area contributed by atoms with E-state index in [4.69, 9.17) is 10.5 Å². The summed E-state index contributed by atoms with van der Waals surface area (Å²) < 4.78 is 5.36. The molecule has 0 saturated heterocycles. The maximum absolute atomic E-state index is 13.6. The quantitative estimate of drug-likeness (QED) is 0.440. The Morgan fingerprint density at radius 3 is 1.66 bits per heavy atom. The molecule has 4 rings (SSSR count). The third-order valence-electron chi connectivity index (χ3n) is 6.84. The summed E-state index contributed by atoms with van der Waals surface area (Å²) in [5.41, 5.74) is 7.35. The maximum atomic E-state index is 13.6.